The van der Waals surface area contributed by atoms with Gasteiger partial charge in [-0.3, -0.25) is 9.59 Å². The van der Waals surface area contributed by atoms with Crippen LogP contribution < -0.4 is 5.32 Å². The van der Waals surface area contributed by atoms with Gasteiger partial charge in [-0.15, -0.1) is 11.3 Å². The zero-order chi connectivity index (χ0) is 17.1. The molecule has 3 atom stereocenters. The summed E-state index contributed by atoms with van der Waals surface area (Å²) in [5, 5.41) is 4.86. The Labute approximate surface area is 143 Å². The van der Waals surface area contributed by atoms with E-state index < -0.39 is 0 Å². The quantitative estimate of drug-likeness (QED) is 0.815. The Morgan fingerprint density at radius 3 is 2.71 bits per heavy atom. The van der Waals surface area contributed by atoms with E-state index in [4.69, 9.17) is 4.74 Å². The predicted octanol–water partition coefficient (Wildman–Crippen LogP) is 3.41. The number of carbonyl (C=O) groups excluding carboxylic acids is 2. The highest BCUT2D eigenvalue weighted by molar-refractivity contribution is 7.10. The maximum absolute atomic E-state index is 13.0. The Morgan fingerprint density at radius 2 is 2.08 bits per heavy atom. The van der Waals surface area contributed by atoms with E-state index in [1.54, 1.807) is 12.1 Å². The molecule has 0 radical (unpaired) electrons. The van der Waals surface area contributed by atoms with Crippen molar-refractivity contribution in [1.29, 1.82) is 0 Å². The molecule has 1 aliphatic rings. The molecule has 1 aromatic carbocycles. The fraction of sp³-hybridized carbons (Fsp3) is 0.333. The van der Waals surface area contributed by atoms with Gasteiger partial charge in [-0.25, -0.2) is 4.39 Å². The number of thiophene rings is 1. The fourth-order valence-electron chi connectivity index (χ4n) is 2.80. The molecule has 0 aliphatic heterocycles. The average molecular weight is 347 g/mol. The SMILES string of the molecule is COC(=O)CC(NC(=O)C1CC1c1ccc(F)cc1)c1cccs1. The molecule has 1 N–H and O–H groups in total. The van der Waals surface area contributed by atoms with Crippen LogP contribution in [0.1, 0.15) is 35.2 Å². The highest BCUT2D eigenvalue weighted by Gasteiger charge is 2.44. The lowest BCUT2D eigenvalue weighted by molar-refractivity contribution is -0.141. The Bertz CT molecular complexity index is 714. The van der Waals surface area contributed by atoms with Crippen molar-refractivity contribution in [3.05, 3.63) is 58.0 Å². The van der Waals surface area contributed by atoms with Crippen molar-refractivity contribution in [2.45, 2.75) is 24.8 Å². The van der Waals surface area contributed by atoms with E-state index in [0.717, 1.165) is 16.9 Å². The molecule has 24 heavy (non-hydrogen) atoms. The van der Waals surface area contributed by atoms with Gasteiger partial charge in [-0.1, -0.05) is 18.2 Å². The summed E-state index contributed by atoms with van der Waals surface area (Å²) >= 11 is 1.49. The Balaban J connectivity index is 1.64. The smallest absolute Gasteiger partial charge is 0.307 e. The van der Waals surface area contributed by atoms with E-state index in [1.165, 1.54) is 30.6 Å². The molecule has 0 saturated heterocycles. The van der Waals surface area contributed by atoms with E-state index in [2.05, 4.69) is 5.32 Å². The molecule has 1 aliphatic carbocycles. The molecule has 2 aromatic rings. The molecule has 3 unspecified atom stereocenters. The Kier molecular flexibility index (Phi) is 4.94. The van der Waals surface area contributed by atoms with E-state index in [1.807, 2.05) is 17.5 Å². The van der Waals surface area contributed by atoms with Gasteiger partial charge >= 0.3 is 5.97 Å². The zero-order valence-electron chi connectivity index (χ0n) is 13.2. The van der Waals surface area contributed by atoms with Crippen LogP contribution in [-0.4, -0.2) is 19.0 Å². The average Bonchev–Trinajstić information content (AvgIpc) is 3.19. The number of methoxy groups -OCH3 is 1. The van der Waals surface area contributed by atoms with Crippen molar-refractivity contribution in [2.24, 2.45) is 5.92 Å². The standard InChI is InChI=1S/C18H18FNO3S/c1-23-17(21)10-15(16-3-2-8-24-16)20-18(22)14-9-13(14)11-4-6-12(19)7-5-11/h2-8,13-15H,9-10H2,1H3,(H,20,22). The molecule has 3 rings (SSSR count). The van der Waals surface area contributed by atoms with Crippen molar-refractivity contribution in [3.8, 4) is 0 Å². The number of hydrogen-bond acceptors (Lipinski definition) is 4. The van der Waals surface area contributed by atoms with Crippen LogP contribution in [0.25, 0.3) is 0 Å². The number of hydrogen-bond donors (Lipinski definition) is 1. The number of nitrogens with one attached hydrogen (secondary N) is 1. The van der Waals surface area contributed by atoms with Crippen molar-refractivity contribution < 1.29 is 18.7 Å². The van der Waals surface area contributed by atoms with Gasteiger partial charge < -0.3 is 10.1 Å². The van der Waals surface area contributed by atoms with Crippen molar-refractivity contribution in [3.63, 3.8) is 0 Å². The summed E-state index contributed by atoms with van der Waals surface area (Å²) in [7, 11) is 1.33. The van der Waals surface area contributed by atoms with E-state index in [9.17, 15) is 14.0 Å². The van der Waals surface area contributed by atoms with Crippen LogP contribution in [0.2, 0.25) is 0 Å². The fourth-order valence-corrected chi connectivity index (χ4v) is 3.58. The lowest BCUT2D eigenvalue weighted by Gasteiger charge is -2.16. The molecule has 126 valence electrons. The van der Waals surface area contributed by atoms with E-state index in [-0.39, 0.29) is 42.0 Å². The van der Waals surface area contributed by atoms with Crippen LogP contribution in [-0.2, 0) is 14.3 Å². The second-order valence-electron chi connectivity index (χ2n) is 5.86. The van der Waals surface area contributed by atoms with Crippen LogP contribution in [0, 0.1) is 11.7 Å². The molecular weight excluding hydrogens is 329 g/mol. The number of halogens is 1. The van der Waals surface area contributed by atoms with Crippen LogP contribution in [0.15, 0.2) is 41.8 Å². The molecular formula is C18H18FNO3S. The van der Waals surface area contributed by atoms with Gasteiger partial charge in [0, 0.05) is 10.8 Å². The summed E-state index contributed by atoms with van der Waals surface area (Å²) in [5.74, 6) is -0.731. The third-order valence-corrected chi connectivity index (χ3v) is 5.21. The summed E-state index contributed by atoms with van der Waals surface area (Å²) < 4.78 is 17.7. The topological polar surface area (TPSA) is 55.4 Å². The van der Waals surface area contributed by atoms with Gasteiger partial charge in [0.05, 0.1) is 19.6 Å². The number of esters is 1. The van der Waals surface area contributed by atoms with Crippen molar-refractivity contribution in [2.75, 3.05) is 7.11 Å². The summed E-state index contributed by atoms with van der Waals surface area (Å²) in [6, 6.07) is 9.66. The van der Waals surface area contributed by atoms with Gasteiger partial charge in [0.2, 0.25) is 5.91 Å². The number of carbonyl (C=O) groups is 2. The van der Waals surface area contributed by atoms with E-state index >= 15 is 0 Å². The second kappa shape index (κ2) is 7.13. The summed E-state index contributed by atoms with van der Waals surface area (Å²) in [4.78, 5) is 25.0. The Hall–Kier alpha value is -2.21. The largest absolute Gasteiger partial charge is 0.469 e. The maximum atomic E-state index is 13.0. The molecule has 1 amide bonds. The number of amides is 1. The predicted molar refractivity (Wildman–Crippen MR) is 89.1 cm³/mol. The van der Waals surface area contributed by atoms with Crippen LogP contribution in [0.3, 0.4) is 0 Å². The number of rotatable bonds is 6. The summed E-state index contributed by atoms with van der Waals surface area (Å²) in [5.41, 5.74) is 0.970. The zero-order valence-corrected chi connectivity index (χ0v) is 14.0. The lowest BCUT2D eigenvalue weighted by Crippen LogP contribution is -2.31. The molecule has 1 saturated carbocycles. The minimum atomic E-state index is -0.376. The first-order chi connectivity index (χ1) is 11.6. The van der Waals surface area contributed by atoms with Gasteiger partial charge in [0.25, 0.3) is 0 Å². The number of ether oxygens (including phenoxy) is 1. The first-order valence-electron chi connectivity index (χ1n) is 7.74. The highest BCUT2D eigenvalue weighted by atomic mass is 32.1. The van der Waals surface area contributed by atoms with Crippen LogP contribution >= 0.6 is 11.3 Å². The van der Waals surface area contributed by atoms with Gasteiger partial charge in [-0.05, 0) is 41.5 Å². The lowest BCUT2D eigenvalue weighted by atomic mass is 10.1. The molecule has 1 aromatic heterocycles. The summed E-state index contributed by atoms with van der Waals surface area (Å²) in [6.07, 6.45) is 0.851. The van der Waals surface area contributed by atoms with E-state index in [0.29, 0.717) is 0 Å². The van der Waals surface area contributed by atoms with Crippen molar-refractivity contribution >= 4 is 23.2 Å². The minimum absolute atomic E-state index is 0.0772. The number of benzene rings is 1. The second-order valence-corrected chi connectivity index (χ2v) is 6.84. The molecule has 6 heteroatoms. The minimum Gasteiger partial charge on any atom is -0.469 e. The molecule has 1 heterocycles. The van der Waals surface area contributed by atoms with Gasteiger partial charge in [0.15, 0.2) is 0 Å². The van der Waals surface area contributed by atoms with Crippen LogP contribution in [0.4, 0.5) is 4.39 Å². The third-order valence-electron chi connectivity index (χ3n) is 4.23. The normalized spacial score (nSPS) is 20.2. The molecule has 0 bridgehead atoms. The van der Waals surface area contributed by atoms with Gasteiger partial charge in [-0.2, -0.15) is 0 Å². The highest BCUT2D eigenvalue weighted by Crippen LogP contribution is 2.47. The van der Waals surface area contributed by atoms with Crippen molar-refractivity contribution in [1.82, 2.24) is 5.32 Å². The van der Waals surface area contributed by atoms with Crippen LogP contribution in [0.5, 0.6) is 0 Å². The molecule has 4 nitrogen and oxygen atoms in total. The molecule has 0 spiro atoms. The monoisotopic (exact) mass is 347 g/mol. The first-order valence-corrected chi connectivity index (χ1v) is 8.62. The van der Waals surface area contributed by atoms with Gasteiger partial charge in [0.1, 0.15) is 5.82 Å². The third kappa shape index (κ3) is 3.82. The first kappa shape index (κ1) is 16.6. The Morgan fingerprint density at radius 1 is 1.33 bits per heavy atom. The summed E-state index contributed by atoms with van der Waals surface area (Å²) in [6.45, 7) is 0. The molecule has 1 fully saturated rings. The maximum Gasteiger partial charge on any atom is 0.307 e.